The van der Waals surface area contributed by atoms with E-state index in [-0.39, 0.29) is 23.2 Å². The number of para-hydroxylation sites is 1. The molecule has 0 atom stereocenters. The van der Waals surface area contributed by atoms with Gasteiger partial charge < -0.3 is 4.74 Å². The predicted octanol–water partition coefficient (Wildman–Crippen LogP) is 5.29. The lowest BCUT2D eigenvalue weighted by molar-refractivity contribution is -0.137. The van der Waals surface area contributed by atoms with E-state index in [1.807, 2.05) is 6.92 Å². The van der Waals surface area contributed by atoms with E-state index >= 15 is 0 Å². The van der Waals surface area contributed by atoms with Crippen LogP contribution in [0, 0.1) is 5.41 Å². The number of carbonyl (C=O) groups is 1. The zero-order chi connectivity index (χ0) is 18.2. The molecule has 0 amide bonds. The number of alkyl halides is 3. The van der Waals surface area contributed by atoms with E-state index in [4.69, 9.17) is 4.74 Å². The van der Waals surface area contributed by atoms with E-state index < -0.39 is 11.7 Å². The number of halogens is 3. The molecule has 0 radical (unpaired) electrons. The maximum Gasteiger partial charge on any atom is 0.417 e. The molecule has 0 spiro atoms. The van der Waals surface area contributed by atoms with Gasteiger partial charge in [-0.05, 0) is 36.1 Å². The minimum Gasteiger partial charge on any atom is -0.496 e. The van der Waals surface area contributed by atoms with Gasteiger partial charge in [0, 0.05) is 17.4 Å². The number of ketones is 1. The molecule has 3 rings (SSSR count). The predicted molar refractivity (Wildman–Crippen MR) is 89.5 cm³/mol. The van der Waals surface area contributed by atoms with Crippen molar-refractivity contribution in [1.29, 1.82) is 0 Å². The summed E-state index contributed by atoms with van der Waals surface area (Å²) in [5.41, 5.74) is -0.268. The Bertz CT molecular complexity index is 805. The average molecular weight is 348 g/mol. The van der Waals surface area contributed by atoms with Gasteiger partial charge in [0.25, 0.3) is 0 Å². The monoisotopic (exact) mass is 348 g/mol. The normalized spacial score (nSPS) is 15.7. The van der Waals surface area contributed by atoms with Gasteiger partial charge in [-0.15, -0.1) is 0 Å². The van der Waals surface area contributed by atoms with Crippen molar-refractivity contribution >= 4 is 5.78 Å². The van der Waals surface area contributed by atoms with Crippen LogP contribution in [0.15, 0.2) is 42.5 Å². The van der Waals surface area contributed by atoms with Crippen LogP contribution in [0.4, 0.5) is 13.2 Å². The molecular weight excluding hydrogens is 329 g/mol. The lowest BCUT2D eigenvalue weighted by atomic mass is 9.92. The van der Waals surface area contributed by atoms with E-state index in [9.17, 15) is 18.0 Å². The number of rotatable bonds is 5. The van der Waals surface area contributed by atoms with Gasteiger partial charge in [0.1, 0.15) is 11.5 Å². The van der Waals surface area contributed by atoms with Gasteiger partial charge in [0.2, 0.25) is 0 Å². The van der Waals surface area contributed by atoms with Gasteiger partial charge in [-0.3, -0.25) is 4.79 Å². The van der Waals surface area contributed by atoms with E-state index in [0.29, 0.717) is 16.9 Å². The Balaban J connectivity index is 2.03. The number of hydrogen-bond acceptors (Lipinski definition) is 2. The fourth-order valence-corrected chi connectivity index (χ4v) is 2.90. The molecule has 1 fully saturated rings. The highest BCUT2D eigenvalue weighted by Crippen LogP contribution is 2.47. The highest BCUT2D eigenvalue weighted by atomic mass is 19.4. The first-order chi connectivity index (χ1) is 11.7. The van der Waals surface area contributed by atoms with Crippen LogP contribution in [0.25, 0.3) is 11.1 Å². The minimum absolute atomic E-state index is 0.00525. The van der Waals surface area contributed by atoms with Gasteiger partial charge in [-0.25, -0.2) is 0 Å². The number of Topliss-reactive ketones (excluding diaryl/α,β-unsaturated/α-hetero) is 1. The number of methoxy groups -OCH3 is 1. The number of carbonyl (C=O) groups excluding carboxylic acids is 1. The van der Waals surface area contributed by atoms with Gasteiger partial charge in [-0.1, -0.05) is 37.3 Å². The first-order valence-electron chi connectivity index (χ1n) is 8.11. The lowest BCUT2D eigenvalue weighted by Crippen LogP contribution is -2.15. The number of benzene rings is 2. The van der Waals surface area contributed by atoms with Crippen LogP contribution in [-0.4, -0.2) is 12.9 Å². The van der Waals surface area contributed by atoms with Gasteiger partial charge in [0.15, 0.2) is 0 Å². The van der Waals surface area contributed by atoms with E-state index in [0.717, 1.165) is 18.9 Å². The third-order valence-electron chi connectivity index (χ3n) is 4.82. The average Bonchev–Trinajstić information content (AvgIpc) is 3.33. The summed E-state index contributed by atoms with van der Waals surface area (Å²) in [5.74, 6) is 0.382. The first kappa shape index (κ1) is 17.5. The Labute approximate surface area is 144 Å². The highest BCUT2D eigenvalue weighted by Gasteiger charge is 2.44. The summed E-state index contributed by atoms with van der Waals surface area (Å²) < 4.78 is 46.0. The van der Waals surface area contributed by atoms with Crippen LogP contribution in [0.2, 0.25) is 0 Å². The molecule has 2 aromatic rings. The quantitative estimate of drug-likeness (QED) is 0.734. The second-order valence-corrected chi connectivity index (χ2v) is 6.74. The highest BCUT2D eigenvalue weighted by molar-refractivity contribution is 5.89. The maximum absolute atomic E-state index is 13.6. The molecule has 1 aliphatic rings. The summed E-state index contributed by atoms with van der Waals surface area (Å²) in [6.07, 6.45) is -2.85. The van der Waals surface area contributed by atoms with Crippen molar-refractivity contribution in [2.75, 3.05) is 7.11 Å². The standard InChI is InChI=1S/C20H19F3O2/c1-19(9-10-19)18(24)12-13-7-8-14(16(11-13)20(21,22)23)15-5-3-4-6-17(15)25-2/h3-8,11H,9-10,12H2,1-2H3. The van der Waals surface area contributed by atoms with Crippen LogP contribution in [0.3, 0.4) is 0 Å². The molecule has 25 heavy (non-hydrogen) atoms. The SMILES string of the molecule is COc1ccccc1-c1ccc(CC(=O)C2(C)CC2)cc1C(F)(F)F. The maximum atomic E-state index is 13.6. The Morgan fingerprint density at radius 2 is 1.80 bits per heavy atom. The Morgan fingerprint density at radius 3 is 2.40 bits per heavy atom. The summed E-state index contributed by atoms with van der Waals surface area (Å²) in [4.78, 5) is 12.2. The third kappa shape index (κ3) is 3.55. The molecular formula is C20H19F3O2. The van der Waals surface area contributed by atoms with Crippen molar-refractivity contribution in [2.24, 2.45) is 5.41 Å². The number of hydrogen-bond donors (Lipinski definition) is 0. The van der Waals surface area contributed by atoms with Crippen LogP contribution in [0.1, 0.15) is 30.9 Å². The molecule has 0 heterocycles. The van der Waals surface area contributed by atoms with Crippen LogP contribution in [-0.2, 0) is 17.4 Å². The van der Waals surface area contributed by atoms with Crippen molar-refractivity contribution < 1.29 is 22.7 Å². The second-order valence-electron chi connectivity index (χ2n) is 6.74. The molecule has 0 aromatic heterocycles. The molecule has 1 saturated carbocycles. The van der Waals surface area contributed by atoms with E-state index in [1.165, 1.54) is 13.2 Å². The van der Waals surface area contributed by atoms with Crippen molar-refractivity contribution in [1.82, 2.24) is 0 Å². The zero-order valence-electron chi connectivity index (χ0n) is 14.1. The molecule has 5 heteroatoms. The molecule has 0 N–H and O–H groups in total. The lowest BCUT2D eigenvalue weighted by Gasteiger charge is -2.17. The Morgan fingerprint density at radius 1 is 1.12 bits per heavy atom. The van der Waals surface area contributed by atoms with Crippen LogP contribution >= 0.6 is 0 Å². The van der Waals surface area contributed by atoms with Crippen LogP contribution < -0.4 is 4.74 Å². The zero-order valence-corrected chi connectivity index (χ0v) is 14.1. The molecule has 2 aromatic carbocycles. The first-order valence-corrected chi connectivity index (χ1v) is 8.11. The smallest absolute Gasteiger partial charge is 0.417 e. The van der Waals surface area contributed by atoms with Crippen molar-refractivity contribution in [3.05, 3.63) is 53.6 Å². The van der Waals surface area contributed by atoms with Crippen LogP contribution in [0.5, 0.6) is 5.75 Å². The van der Waals surface area contributed by atoms with Crippen molar-refractivity contribution in [3.63, 3.8) is 0 Å². The summed E-state index contributed by atoms with van der Waals surface area (Å²) >= 11 is 0. The molecule has 1 aliphatic carbocycles. The van der Waals surface area contributed by atoms with Gasteiger partial charge >= 0.3 is 6.18 Å². The van der Waals surface area contributed by atoms with Gasteiger partial charge in [-0.2, -0.15) is 13.2 Å². The molecule has 0 unspecified atom stereocenters. The van der Waals surface area contributed by atoms with E-state index in [2.05, 4.69) is 0 Å². The molecule has 0 saturated heterocycles. The Kier molecular flexibility index (Phi) is 4.35. The fraction of sp³-hybridized carbons (Fsp3) is 0.350. The van der Waals surface area contributed by atoms with E-state index in [1.54, 1.807) is 30.3 Å². The molecule has 0 bridgehead atoms. The summed E-state index contributed by atoms with van der Waals surface area (Å²) in [7, 11) is 1.43. The largest absolute Gasteiger partial charge is 0.496 e. The summed E-state index contributed by atoms with van der Waals surface area (Å²) in [6, 6.07) is 10.7. The van der Waals surface area contributed by atoms with Crippen molar-refractivity contribution in [3.8, 4) is 16.9 Å². The third-order valence-corrected chi connectivity index (χ3v) is 4.82. The molecule has 2 nitrogen and oxygen atoms in total. The summed E-state index contributed by atoms with van der Waals surface area (Å²) in [6.45, 7) is 1.86. The number of ether oxygens (including phenoxy) is 1. The molecule has 132 valence electrons. The summed E-state index contributed by atoms with van der Waals surface area (Å²) in [5, 5.41) is 0. The fourth-order valence-electron chi connectivity index (χ4n) is 2.90. The molecule has 0 aliphatic heterocycles. The Hall–Kier alpha value is -2.30. The minimum atomic E-state index is -4.52. The van der Waals surface area contributed by atoms with Crippen molar-refractivity contribution in [2.45, 2.75) is 32.4 Å². The van der Waals surface area contributed by atoms with Gasteiger partial charge in [0.05, 0.1) is 12.7 Å². The topological polar surface area (TPSA) is 26.3 Å². The second kappa shape index (κ2) is 6.21.